The lowest BCUT2D eigenvalue weighted by Crippen LogP contribution is -2.38. The average Bonchev–Trinajstić information content (AvgIpc) is 2.82. The molecule has 0 aliphatic carbocycles. The van der Waals surface area contributed by atoms with Crippen molar-refractivity contribution in [3.8, 4) is 0 Å². The van der Waals surface area contributed by atoms with Gasteiger partial charge in [-0.05, 0) is 31.9 Å². The number of β-amino-alcohol motifs (C(OH)–C–C–N with tert-alkyl or cyclic N) is 1. The summed E-state index contributed by atoms with van der Waals surface area (Å²) < 4.78 is 1.80. The summed E-state index contributed by atoms with van der Waals surface area (Å²) in [4.78, 5) is 6.91. The summed E-state index contributed by atoms with van der Waals surface area (Å²) in [5.41, 5.74) is 2.43. The molecule has 1 saturated heterocycles. The quantitative estimate of drug-likeness (QED) is 0.750. The molecule has 0 saturated carbocycles. The second kappa shape index (κ2) is 5.11. The van der Waals surface area contributed by atoms with Gasteiger partial charge in [-0.3, -0.25) is 0 Å². The zero-order valence-corrected chi connectivity index (χ0v) is 13.1. The first-order valence-corrected chi connectivity index (χ1v) is 7.89. The number of anilines is 1. The number of nitrogens with zero attached hydrogens (tertiary/aromatic N) is 4. The summed E-state index contributed by atoms with van der Waals surface area (Å²) in [6.45, 7) is 3.39. The number of fused-ring (bicyclic) bond motifs is 3. The third-order valence-corrected chi connectivity index (χ3v) is 4.69. The average molecular weight is 317 g/mol. The minimum absolute atomic E-state index is 0.298. The van der Waals surface area contributed by atoms with E-state index in [1.165, 1.54) is 0 Å². The maximum atomic E-state index is 9.97. The van der Waals surface area contributed by atoms with Crippen LogP contribution in [0.5, 0.6) is 0 Å². The molecular formula is C16H17ClN4O. The van der Waals surface area contributed by atoms with Gasteiger partial charge in [0.05, 0.1) is 17.3 Å². The number of aromatic nitrogens is 3. The van der Waals surface area contributed by atoms with Gasteiger partial charge in [0.25, 0.3) is 0 Å². The fourth-order valence-electron chi connectivity index (χ4n) is 3.16. The van der Waals surface area contributed by atoms with Gasteiger partial charge < -0.3 is 10.0 Å². The SMILES string of the molecule is Cc1nn2c(nc(N3CCCC(O)C3)c3ccccc32)c1Cl. The molecule has 1 fully saturated rings. The largest absolute Gasteiger partial charge is 0.391 e. The standard InChI is InChI=1S/C16H17ClN4O/c1-10-14(17)16-18-15(20-8-4-5-11(22)9-20)12-6-2-3-7-13(12)21(16)19-10/h2-3,6-7,11,22H,4-5,8-9H2,1H3. The Hall–Kier alpha value is -1.85. The smallest absolute Gasteiger partial charge is 0.176 e. The molecule has 22 heavy (non-hydrogen) atoms. The Morgan fingerprint density at radius 3 is 2.95 bits per heavy atom. The minimum atomic E-state index is -0.298. The van der Waals surface area contributed by atoms with Gasteiger partial charge in [-0.25, -0.2) is 9.50 Å². The third kappa shape index (κ3) is 2.04. The van der Waals surface area contributed by atoms with Crippen LogP contribution in [0.3, 0.4) is 0 Å². The number of aliphatic hydroxyl groups excluding tert-OH is 1. The Morgan fingerprint density at radius 1 is 1.32 bits per heavy atom. The van der Waals surface area contributed by atoms with Gasteiger partial charge in [-0.2, -0.15) is 5.10 Å². The number of hydrogen-bond acceptors (Lipinski definition) is 4. The van der Waals surface area contributed by atoms with Gasteiger partial charge in [0.1, 0.15) is 10.8 Å². The molecule has 1 aliphatic heterocycles. The van der Waals surface area contributed by atoms with Crippen molar-refractivity contribution in [3.05, 3.63) is 35.0 Å². The van der Waals surface area contributed by atoms with Gasteiger partial charge in [0.15, 0.2) is 5.65 Å². The predicted molar refractivity (Wildman–Crippen MR) is 87.7 cm³/mol. The molecule has 3 heterocycles. The number of para-hydroxylation sites is 1. The van der Waals surface area contributed by atoms with Crippen LogP contribution < -0.4 is 4.90 Å². The number of hydrogen-bond donors (Lipinski definition) is 1. The number of rotatable bonds is 1. The lowest BCUT2D eigenvalue weighted by molar-refractivity contribution is 0.154. The molecule has 2 aromatic heterocycles. The molecule has 0 bridgehead atoms. The van der Waals surface area contributed by atoms with E-state index < -0.39 is 0 Å². The molecule has 0 amide bonds. The van der Waals surface area contributed by atoms with Crippen molar-refractivity contribution >= 4 is 34.0 Å². The van der Waals surface area contributed by atoms with Gasteiger partial charge in [-0.15, -0.1) is 0 Å². The molecule has 0 radical (unpaired) electrons. The maximum Gasteiger partial charge on any atom is 0.176 e. The van der Waals surface area contributed by atoms with E-state index in [1.807, 2.05) is 31.2 Å². The number of halogens is 1. The summed E-state index contributed by atoms with van der Waals surface area (Å²) in [6, 6.07) is 8.05. The number of aryl methyl sites for hydroxylation is 1. The van der Waals surface area contributed by atoms with Crippen LogP contribution in [-0.4, -0.2) is 38.9 Å². The summed E-state index contributed by atoms with van der Waals surface area (Å²) in [5, 5.41) is 16.1. The van der Waals surface area contributed by atoms with E-state index in [1.54, 1.807) is 4.52 Å². The summed E-state index contributed by atoms with van der Waals surface area (Å²) in [6.07, 6.45) is 1.52. The van der Waals surface area contributed by atoms with E-state index >= 15 is 0 Å². The first-order valence-electron chi connectivity index (χ1n) is 7.52. The Bertz CT molecular complexity index is 860. The van der Waals surface area contributed by atoms with Crippen LogP contribution in [0.15, 0.2) is 24.3 Å². The van der Waals surface area contributed by atoms with Gasteiger partial charge in [0, 0.05) is 18.5 Å². The molecule has 1 aromatic carbocycles. The van der Waals surface area contributed by atoms with Crippen LogP contribution in [0, 0.1) is 6.92 Å². The summed E-state index contributed by atoms with van der Waals surface area (Å²) in [5.74, 6) is 0.878. The second-order valence-corrected chi connectivity index (χ2v) is 6.21. The van der Waals surface area contributed by atoms with Crippen molar-refractivity contribution in [2.24, 2.45) is 0 Å². The molecule has 4 rings (SSSR count). The van der Waals surface area contributed by atoms with E-state index in [-0.39, 0.29) is 6.10 Å². The molecule has 3 aromatic rings. The van der Waals surface area contributed by atoms with Crippen LogP contribution in [0.1, 0.15) is 18.5 Å². The fourth-order valence-corrected chi connectivity index (χ4v) is 3.32. The van der Waals surface area contributed by atoms with E-state index in [9.17, 15) is 5.11 Å². The molecule has 1 N–H and O–H groups in total. The lowest BCUT2D eigenvalue weighted by Gasteiger charge is -2.31. The number of benzene rings is 1. The molecular weight excluding hydrogens is 300 g/mol. The molecule has 1 unspecified atom stereocenters. The van der Waals surface area contributed by atoms with Crippen molar-refractivity contribution in [1.82, 2.24) is 14.6 Å². The van der Waals surface area contributed by atoms with E-state index in [0.717, 1.165) is 41.8 Å². The van der Waals surface area contributed by atoms with Crippen molar-refractivity contribution < 1.29 is 5.11 Å². The van der Waals surface area contributed by atoms with Crippen LogP contribution in [0.25, 0.3) is 16.6 Å². The highest BCUT2D eigenvalue weighted by molar-refractivity contribution is 6.34. The van der Waals surface area contributed by atoms with Gasteiger partial charge in [-0.1, -0.05) is 23.7 Å². The monoisotopic (exact) mass is 316 g/mol. The predicted octanol–water partition coefficient (Wildman–Crippen LogP) is 2.81. The third-order valence-electron chi connectivity index (χ3n) is 4.25. The molecule has 1 aliphatic rings. The van der Waals surface area contributed by atoms with Crippen LogP contribution in [0.2, 0.25) is 5.02 Å². The van der Waals surface area contributed by atoms with Gasteiger partial charge >= 0.3 is 0 Å². The number of piperidine rings is 1. The van der Waals surface area contributed by atoms with Crippen molar-refractivity contribution in [2.75, 3.05) is 18.0 Å². The van der Waals surface area contributed by atoms with Crippen LogP contribution >= 0.6 is 11.6 Å². The molecule has 6 heteroatoms. The van der Waals surface area contributed by atoms with E-state index in [4.69, 9.17) is 16.6 Å². The maximum absolute atomic E-state index is 9.97. The Morgan fingerprint density at radius 2 is 2.14 bits per heavy atom. The Labute approximate surface area is 133 Å². The fraction of sp³-hybridized carbons (Fsp3) is 0.375. The highest BCUT2D eigenvalue weighted by atomic mass is 35.5. The molecule has 1 atom stereocenters. The van der Waals surface area contributed by atoms with Crippen LogP contribution in [0.4, 0.5) is 5.82 Å². The van der Waals surface area contributed by atoms with Crippen molar-refractivity contribution in [1.29, 1.82) is 0 Å². The zero-order chi connectivity index (χ0) is 15.3. The van der Waals surface area contributed by atoms with Crippen LogP contribution in [-0.2, 0) is 0 Å². The van der Waals surface area contributed by atoms with Crippen molar-refractivity contribution in [3.63, 3.8) is 0 Å². The van der Waals surface area contributed by atoms with Gasteiger partial charge in [0.2, 0.25) is 0 Å². The number of aliphatic hydroxyl groups is 1. The normalized spacial score (nSPS) is 19.2. The summed E-state index contributed by atoms with van der Waals surface area (Å²) >= 11 is 6.37. The zero-order valence-electron chi connectivity index (χ0n) is 12.3. The van der Waals surface area contributed by atoms with E-state index in [2.05, 4.69) is 10.00 Å². The topological polar surface area (TPSA) is 53.7 Å². The molecule has 114 valence electrons. The minimum Gasteiger partial charge on any atom is -0.391 e. The summed E-state index contributed by atoms with van der Waals surface area (Å²) in [7, 11) is 0. The Balaban J connectivity index is 2.01. The second-order valence-electron chi connectivity index (χ2n) is 5.83. The highest BCUT2D eigenvalue weighted by Crippen LogP contribution is 2.31. The molecule has 5 nitrogen and oxygen atoms in total. The first-order chi connectivity index (χ1) is 10.6. The van der Waals surface area contributed by atoms with Crippen molar-refractivity contribution in [2.45, 2.75) is 25.9 Å². The van der Waals surface area contributed by atoms with E-state index in [0.29, 0.717) is 17.2 Å². The highest BCUT2D eigenvalue weighted by Gasteiger charge is 2.23. The lowest BCUT2D eigenvalue weighted by atomic mass is 10.1. The molecule has 0 spiro atoms. The first kappa shape index (κ1) is 13.8. The Kier molecular flexibility index (Phi) is 3.20.